The normalized spacial score (nSPS) is 18.8. The zero-order valence-electron chi connectivity index (χ0n) is 24.8. The number of carbonyl (C=O) groups excluding carboxylic acids is 1. The SMILES string of the molecule is C=CC(=O)N1CCn2nc(-c3nc(N4CCC5(CC4)CS(=O)(=O)C5)c4ccsc4c3-c3ccc(F)cc3OC(C)C)cc2C1. The third-order valence-corrected chi connectivity index (χ3v) is 11.9. The monoisotopic (exact) mass is 635 g/mol. The van der Waals surface area contributed by atoms with Crippen LogP contribution in [0.15, 0.2) is 48.4 Å². The smallest absolute Gasteiger partial charge is 0.246 e. The maximum absolute atomic E-state index is 14.5. The van der Waals surface area contributed by atoms with Gasteiger partial charge in [0, 0.05) is 52.3 Å². The lowest BCUT2D eigenvalue weighted by Crippen LogP contribution is -2.54. The molecule has 0 aliphatic carbocycles. The number of pyridine rings is 1. The van der Waals surface area contributed by atoms with Crippen LogP contribution >= 0.6 is 11.3 Å². The van der Waals surface area contributed by atoms with E-state index in [1.807, 2.05) is 30.0 Å². The zero-order valence-corrected chi connectivity index (χ0v) is 26.4. The number of aromatic nitrogens is 3. The maximum atomic E-state index is 14.5. The molecule has 1 spiro atoms. The lowest BCUT2D eigenvalue weighted by atomic mass is 9.81. The van der Waals surface area contributed by atoms with Crippen molar-refractivity contribution in [3.8, 4) is 28.3 Å². The maximum Gasteiger partial charge on any atom is 0.246 e. The number of ether oxygens (including phenoxy) is 1. The Morgan fingerprint density at radius 3 is 2.61 bits per heavy atom. The highest BCUT2D eigenvalue weighted by Crippen LogP contribution is 2.48. The van der Waals surface area contributed by atoms with E-state index in [4.69, 9.17) is 14.8 Å². The molecule has 2 saturated heterocycles. The topological polar surface area (TPSA) is 97.6 Å². The molecule has 1 amide bonds. The van der Waals surface area contributed by atoms with Gasteiger partial charge in [-0.1, -0.05) is 6.58 Å². The summed E-state index contributed by atoms with van der Waals surface area (Å²) in [4.78, 5) is 21.7. The van der Waals surface area contributed by atoms with E-state index in [9.17, 15) is 17.6 Å². The van der Waals surface area contributed by atoms with Gasteiger partial charge in [0.1, 0.15) is 28.8 Å². The molecule has 230 valence electrons. The van der Waals surface area contributed by atoms with Gasteiger partial charge in [-0.25, -0.2) is 17.8 Å². The number of piperidine rings is 1. The van der Waals surface area contributed by atoms with Crippen molar-refractivity contribution in [2.75, 3.05) is 36.0 Å². The highest BCUT2D eigenvalue weighted by molar-refractivity contribution is 7.92. The molecule has 12 heteroatoms. The first-order valence-corrected chi connectivity index (χ1v) is 17.6. The van der Waals surface area contributed by atoms with Gasteiger partial charge in [0.2, 0.25) is 5.91 Å². The molecule has 0 atom stereocenters. The van der Waals surface area contributed by atoms with Crippen LogP contribution in [0, 0.1) is 11.2 Å². The summed E-state index contributed by atoms with van der Waals surface area (Å²) in [5, 5.41) is 7.99. The standard InChI is InChI=1S/C32H34FN5O4S2/c1-4-27(39)37-12-13-38-22(17-37)16-25(35-38)29-28(23-6-5-21(33)15-26(23)42-20(2)3)30-24(7-14-43-30)31(34-29)36-10-8-32(9-11-36)18-44(40,41)19-32/h4-7,14-16,20H,1,8-13,17-19H2,2-3H3. The second-order valence-electron chi connectivity index (χ2n) is 12.4. The fourth-order valence-corrected chi connectivity index (χ4v) is 10.1. The van der Waals surface area contributed by atoms with Crippen molar-refractivity contribution in [2.45, 2.75) is 45.9 Å². The van der Waals surface area contributed by atoms with Crippen LogP contribution in [0.2, 0.25) is 0 Å². The van der Waals surface area contributed by atoms with Gasteiger partial charge in [-0.2, -0.15) is 5.10 Å². The third-order valence-electron chi connectivity index (χ3n) is 8.87. The molecular formula is C32H34FN5O4S2. The summed E-state index contributed by atoms with van der Waals surface area (Å²) in [6, 6.07) is 8.65. The molecule has 44 heavy (non-hydrogen) atoms. The summed E-state index contributed by atoms with van der Waals surface area (Å²) < 4.78 is 47.6. The fraction of sp³-hybridized carbons (Fsp3) is 0.406. The first kappa shape index (κ1) is 29.0. The van der Waals surface area contributed by atoms with Crippen LogP contribution in [-0.4, -0.2) is 71.2 Å². The summed E-state index contributed by atoms with van der Waals surface area (Å²) in [5.41, 5.74) is 3.64. The molecule has 3 aliphatic rings. The second-order valence-corrected chi connectivity index (χ2v) is 15.3. The molecule has 4 aromatic rings. The van der Waals surface area contributed by atoms with Crippen LogP contribution in [0.1, 0.15) is 32.4 Å². The number of hydrogen-bond acceptors (Lipinski definition) is 8. The minimum Gasteiger partial charge on any atom is -0.490 e. The van der Waals surface area contributed by atoms with Gasteiger partial charge in [-0.3, -0.25) is 9.48 Å². The summed E-state index contributed by atoms with van der Waals surface area (Å²) in [6.07, 6.45) is 2.75. The van der Waals surface area contributed by atoms with Gasteiger partial charge in [0.25, 0.3) is 0 Å². The van der Waals surface area contributed by atoms with E-state index in [1.165, 1.54) is 18.2 Å². The molecular weight excluding hydrogens is 602 g/mol. The largest absolute Gasteiger partial charge is 0.490 e. The summed E-state index contributed by atoms with van der Waals surface area (Å²) in [7, 11) is -2.92. The van der Waals surface area contributed by atoms with E-state index in [-0.39, 0.29) is 34.7 Å². The molecule has 2 fully saturated rings. The number of fused-ring (bicyclic) bond motifs is 2. The van der Waals surface area contributed by atoms with Crippen LogP contribution in [-0.2, 0) is 27.7 Å². The number of rotatable bonds is 6. The van der Waals surface area contributed by atoms with E-state index in [0.717, 1.165) is 45.6 Å². The Labute approximate surface area is 259 Å². The van der Waals surface area contributed by atoms with E-state index in [2.05, 4.69) is 17.5 Å². The predicted molar refractivity (Wildman–Crippen MR) is 170 cm³/mol. The Kier molecular flexibility index (Phi) is 7.04. The van der Waals surface area contributed by atoms with Crippen LogP contribution in [0.3, 0.4) is 0 Å². The number of hydrogen-bond donors (Lipinski definition) is 0. The Hall–Kier alpha value is -3.77. The Morgan fingerprint density at radius 2 is 1.91 bits per heavy atom. The average Bonchev–Trinajstić information content (AvgIpc) is 3.63. The number of nitrogens with zero attached hydrogens (tertiary/aromatic N) is 5. The lowest BCUT2D eigenvalue weighted by molar-refractivity contribution is -0.127. The molecule has 0 radical (unpaired) electrons. The Morgan fingerprint density at radius 1 is 1.14 bits per heavy atom. The highest BCUT2D eigenvalue weighted by atomic mass is 32.2. The molecule has 6 heterocycles. The molecule has 0 N–H and O–H groups in total. The van der Waals surface area contributed by atoms with Crippen molar-refractivity contribution in [3.05, 3.63) is 59.9 Å². The summed E-state index contributed by atoms with van der Waals surface area (Å²) in [6.45, 7) is 10.4. The van der Waals surface area contributed by atoms with Crippen molar-refractivity contribution in [1.29, 1.82) is 0 Å². The first-order chi connectivity index (χ1) is 21.0. The van der Waals surface area contributed by atoms with Gasteiger partial charge >= 0.3 is 0 Å². The van der Waals surface area contributed by atoms with Crippen molar-refractivity contribution < 1.29 is 22.3 Å². The van der Waals surface area contributed by atoms with Crippen molar-refractivity contribution in [1.82, 2.24) is 19.7 Å². The Bertz CT molecular complexity index is 1890. The van der Waals surface area contributed by atoms with E-state index in [0.29, 0.717) is 49.9 Å². The van der Waals surface area contributed by atoms with Gasteiger partial charge in [0.15, 0.2) is 9.84 Å². The Balaban J connectivity index is 1.37. The van der Waals surface area contributed by atoms with E-state index in [1.54, 1.807) is 22.3 Å². The second kappa shape index (κ2) is 10.7. The third kappa shape index (κ3) is 5.07. The molecule has 0 unspecified atom stereocenters. The number of sulfone groups is 1. The number of benzene rings is 1. The molecule has 9 nitrogen and oxygen atoms in total. The van der Waals surface area contributed by atoms with E-state index >= 15 is 0 Å². The van der Waals surface area contributed by atoms with Gasteiger partial charge in [0.05, 0.1) is 36.4 Å². The predicted octanol–water partition coefficient (Wildman–Crippen LogP) is 5.30. The van der Waals surface area contributed by atoms with Crippen molar-refractivity contribution in [3.63, 3.8) is 0 Å². The minimum absolute atomic E-state index is 0.121. The molecule has 3 aromatic heterocycles. The first-order valence-electron chi connectivity index (χ1n) is 14.9. The molecule has 0 bridgehead atoms. The van der Waals surface area contributed by atoms with Crippen LogP contribution < -0.4 is 9.64 Å². The molecule has 7 rings (SSSR count). The van der Waals surface area contributed by atoms with E-state index < -0.39 is 9.84 Å². The van der Waals surface area contributed by atoms with Crippen LogP contribution in [0.25, 0.3) is 32.6 Å². The number of amides is 1. The molecule has 1 aromatic carbocycles. The minimum atomic E-state index is -2.92. The highest BCUT2D eigenvalue weighted by Gasteiger charge is 2.49. The van der Waals surface area contributed by atoms with Crippen molar-refractivity contribution >= 4 is 43.0 Å². The summed E-state index contributed by atoms with van der Waals surface area (Å²) >= 11 is 1.59. The zero-order chi connectivity index (χ0) is 30.8. The molecule has 0 saturated carbocycles. The number of thiophene rings is 1. The fourth-order valence-electron chi connectivity index (χ4n) is 6.81. The van der Waals surface area contributed by atoms with Crippen LogP contribution in [0.4, 0.5) is 10.2 Å². The number of anilines is 1. The van der Waals surface area contributed by atoms with Gasteiger partial charge in [-0.15, -0.1) is 11.3 Å². The average molecular weight is 636 g/mol. The van der Waals surface area contributed by atoms with Crippen molar-refractivity contribution in [2.24, 2.45) is 5.41 Å². The van der Waals surface area contributed by atoms with Crippen LogP contribution in [0.5, 0.6) is 5.75 Å². The van der Waals surface area contributed by atoms with Gasteiger partial charge in [-0.05, 0) is 62.4 Å². The summed E-state index contributed by atoms with van der Waals surface area (Å²) in [5.74, 6) is 1.30. The van der Waals surface area contributed by atoms with Gasteiger partial charge < -0.3 is 14.5 Å². The number of carbonyl (C=O) groups is 1. The quantitative estimate of drug-likeness (QED) is 0.266. The number of halogens is 1. The molecule has 3 aliphatic heterocycles. The lowest BCUT2D eigenvalue weighted by Gasteiger charge is -2.47.